The van der Waals surface area contributed by atoms with Gasteiger partial charge in [-0.25, -0.2) is 0 Å². The van der Waals surface area contributed by atoms with Crippen molar-refractivity contribution in [3.63, 3.8) is 0 Å². The molecule has 3 N–H and O–H groups in total. The quantitative estimate of drug-likeness (QED) is 0.360. The maximum Gasteiger partial charge on any atom is 0.270 e. The molecular formula is C12H26N2O5S. The van der Waals surface area contributed by atoms with E-state index in [1.807, 2.05) is 13.8 Å². The van der Waals surface area contributed by atoms with Crippen LogP contribution < -0.4 is 5.32 Å². The molecule has 7 nitrogen and oxygen atoms in total. The molecule has 120 valence electrons. The third-order valence-corrected chi connectivity index (χ3v) is 4.12. The normalized spacial score (nSPS) is 11.6. The highest BCUT2D eigenvalue weighted by atomic mass is 32.2. The average molecular weight is 310 g/mol. The largest absolute Gasteiger partial charge is 0.870 e. The fraction of sp³-hybridized carbons (Fsp3) is 0.750. The molecule has 0 radical (unpaired) electrons. The van der Waals surface area contributed by atoms with Gasteiger partial charge < -0.3 is 15.3 Å². The molecule has 0 spiro atoms. The van der Waals surface area contributed by atoms with Crippen LogP contribution in [0.4, 0.5) is 0 Å². The minimum absolute atomic E-state index is 0. The van der Waals surface area contributed by atoms with E-state index < -0.39 is 10.1 Å². The molecule has 0 saturated heterocycles. The van der Waals surface area contributed by atoms with Gasteiger partial charge in [0.15, 0.2) is 0 Å². The molecule has 20 heavy (non-hydrogen) atoms. The highest BCUT2D eigenvalue weighted by molar-refractivity contribution is 7.85. The Morgan fingerprint density at radius 3 is 2.10 bits per heavy atom. The lowest BCUT2D eigenvalue weighted by Crippen LogP contribution is -2.53. The highest BCUT2D eigenvalue weighted by Gasteiger charge is 2.25. The molecule has 0 aliphatic heterocycles. The molecule has 0 aromatic rings. The van der Waals surface area contributed by atoms with Gasteiger partial charge >= 0.3 is 0 Å². The summed E-state index contributed by atoms with van der Waals surface area (Å²) in [5.41, 5.74) is 0.448. The number of nitrogens with zero attached hydrogens (tertiary/aromatic N) is 1. The molecule has 0 atom stereocenters. The van der Waals surface area contributed by atoms with Crippen LogP contribution in [0.2, 0.25) is 0 Å². The number of likely N-dealkylation sites (N-methyl/N-ethyl adjacent to an activating group) is 1. The number of carbonyl (C=O) groups is 1. The van der Waals surface area contributed by atoms with Gasteiger partial charge in [-0.15, -0.1) is 0 Å². The molecule has 0 aromatic carbocycles. The minimum Gasteiger partial charge on any atom is -0.870 e. The second-order valence-corrected chi connectivity index (χ2v) is 6.32. The maximum absolute atomic E-state index is 11.4. The van der Waals surface area contributed by atoms with Gasteiger partial charge in [0.05, 0.1) is 32.7 Å². The summed E-state index contributed by atoms with van der Waals surface area (Å²) >= 11 is 0. The predicted octanol–water partition coefficient (Wildman–Crippen LogP) is 0.246. The average Bonchev–Trinajstić information content (AvgIpc) is 2.32. The van der Waals surface area contributed by atoms with Crippen molar-refractivity contribution in [3.05, 3.63) is 12.2 Å². The number of quaternary nitrogens is 1. The van der Waals surface area contributed by atoms with Crippen LogP contribution in [0.3, 0.4) is 0 Å². The van der Waals surface area contributed by atoms with Crippen LogP contribution in [0.5, 0.6) is 0 Å². The lowest BCUT2D eigenvalue weighted by Gasteiger charge is -2.36. The Bertz CT molecular complexity index is 416. The van der Waals surface area contributed by atoms with E-state index in [1.165, 1.54) is 0 Å². The molecule has 0 saturated carbocycles. The second kappa shape index (κ2) is 9.06. The van der Waals surface area contributed by atoms with Gasteiger partial charge in [-0.2, -0.15) is 8.42 Å². The Morgan fingerprint density at radius 2 is 1.75 bits per heavy atom. The molecule has 0 unspecified atom stereocenters. The van der Waals surface area contributed by atoms with Crippen molar-refractivity contribution in [1.29, 1.82) is 0 Å². The second-order valence-electron chi connectivity index (χ2n) is 4.74. The number of hydrogen-bond donors (Lipinski definition) is 2. The van der Waals surface area contributed by atoms with Gasteiger partial charge in [-0.1, -0.05) is 6.58 Å². The predicted molar refractivity (Wildman–Crippen MR) is 77.3 cm³/mol. The minimum atomic E-state index is -3.95. The summed E-state index contributed by atoms with van der Waals surface area (Å²) in [7, 11) is -3.95. The first-order chi connectivity index (χ1) is 8.66. The number of rotatable bonds is 9. The van der Waals surface area contributed by atoms with Crippen molar-refractivity contribution in [2.45, 2.75) is 20.8 Å². The van der Waals surface area contributed by atoms with Crippen LogP contribution in [-0.4, -0.2) is 67.3 Å². The highest BCUT2D eigenvalue weighted by Crippen LogP contribution is 2.06. The number of carbonyl (C=O) groups excluding carboxylic acids is 1. The Kier molecular flexibility index (Phi) is 9.67. The summed E-state index contributed by atoms with van der Waals surface area (Å²) in [5.74, 6) is -0.455. The molecule has 8 heteroatoms. The third kappa shape index (κ3) is 8.26. The Morgan fingerprint density at radius 1 is 1.25 bits per heavy atom. The summed E-state index contributed by atoms with van der Waals surface area (Å²) in [6.45, 7) is 12.0. The monoisotopic (exact) mass is 310 g/mol. The van der Waals surface area contributed by atoms with E-state index in [4.69, 9.17) is 4.55 Å². The van der Waals surface area contributed by atoms with Crippen molar-refractivity contribution in [1.82, 2.24) is 5.32 Å². The van der Waals surface area contributed by atoms with Crippen molar-refractivity contribution in [3.8, 4) is 0 Å². The summed E-state index contributed by atoms with van der Waals surface area (Å²) < 4.78 is 31.1. The van der Waals surface area contributed by atoms with Crippen LogP contribution in [0, 0.1) is 0 Å². The van der Waals surface area contributed by atoms with E-state index in [9.17, 15) is 13.2 Å². The van der Waals surface area contributed by atoms with E-state index in [0.29, 0.717) is 29.7 Å². The third-order valence-electron chi connectivity index (χ3n) is 3.42. The zero-order valence-corrected chi connectivity index (χ0v) is 13.2. The molecule has 0 aromatic heterocycles. The van der Waals surface area contributed by atoms with Gasteiger partial charge in [0.25, 0.3) is 10.1 Å². The zero-order chi connectivity index (χ0) is 15.1. The number of nitrogens with one attached hydrogen (secondary N) is 1. The Balaban J connectivity index is 0. The van der Waals surface area contributed by atoms with Crippen LogP contribution in [0.15, 0.2) is 12.2 Å². The molecule has 0 aliphatic rings. The van der Waals surface area contributed by atoms with Gasteiger partial charge in [-0.05, 0) is 20.8 Å². The first-order valence-corrected chi connectivity index (χ1v) is 8.00. The van der Waals surface area contributed by atoms with Gasteiger partial charge in [0.1, 0.15) is 5.75 Å². The summed E-state index contributed by atoms with van der Waals surface area (Å²) in [4.78, 5) is 11.4. The van der Waals surface area contributed by atoms with E-state index in [1.54, 1.807) is 6.92 Å². The van der Waals surface area contributed by atoms with Crippen molar-refractivity contribution in [2.75, 3.05) is 38.5 Å². The lowest BCUT2D eigenvalue weighted by atomic mass is 10.3. The number of amides is 1. The molecule has 0 bridgehead atoms. The first kappa shape index (κ1) is 21.3. The van der Waals surface area contributed by atoms with E-state index in [2.05, 4.69) is 11.9 Å². The molecule has 0 rings (SSSR count). The smallest absolute Gasteiger partial charge is 0.270 e. The molecule has 1 amide bonds. The van der Waals surface area contributed by atoms with Crippen LogP contribution in [-0.2, 0) is 14.9 Å². The summed E-state index contributed by atoms with van der Waals surface area (Å²) in [6, 6.07) is 0. The molecule has 0 heterocycles. The van der Waals surface area contributed by atoms with Crippen LogP contribution in [0.25, 0.3) is 0 Å². The summed E-state index contributed by atoms with van der Waals surface area (Å²) in [6.07, 6.45) is 0. The Labute approximate surface area is 121 Å². The zero-order valence-electron chi connectivity index (χ0n) is 12.4. The van der Waals surface area contributed by atoms with E-state index in [0.717, 1.165) is 13.1 Å². The number of hydrogen-bond acceptors (Lipinski definition) is 4. The summed E-state index contributed by atoms with van der Waals surface area (Å²) in [5, 5.41) is 2.74. The van der Waals surface area contributed by atoms with Crippen molar-refractivity contribution >= 4 is 16.0 Å². The maximum atomic E-state index is 11.4. The lowest BCUT2D eigenvalue weighted by molar-refractivity contribution is -0.921. The fourth-order valence-corrected chi connectivity index (χ4v) is 2.45. The van der Waals surface area contributed by atoms with Crippen molar-refractivity contribution in [2.24, 2.45) is 0 Å². The van der Waals surface area contributed by atoms with Crippen molar-refractivity contribution < 1.29 is 27.7 Å². The van der Waals surface area contributed by atoms with Crippen LogP contribution >= 0.6 is 0 Å². The molecule has 0 aliphatic carbocycles. The van der Waals surface area contributed by atoms with E-state index >= 15 is 0 Å². The SMILES string of the molecule is C=C(C)C(=O)NCC[N+](CC)(CC)CCS(=O)(=O)O.[OH-]. The van der Waals surface area contributed by atoms with Gasteiger partial charge in [0.2, 0.25) is 5.91 Å². The first-order valence-electron chi connectivity index (χ1n) is 6.39. The fourth-order valence-electron chi connectivity index (χ4n) is 1.83. The van der Waals surface area contributed by atoms with E-state index in [-0.39, 0.29) is 17.1 Å². The Hall–Kier alpha value is -0.960. The molecule has 0 fully saturated rings. The topological polar surface area (TPSA) is 113 Å². The van der Waals surface area contributed by atoms with Crippen LogP contribution in [0.1, 0.15) is 20.8 Å². The molecular weight excluding hydrogens is 284 g/mol. The van der Waals surface area contributed by atoms with Gasteiger partial charge in [0, 0.05) is 5.57 Å². The van der Waals surface area contributed by atoms with Gasteiger partial charge in [-0.3, -0.25) is 9.35 Å². The standard InChI is InChI=1S/C12H24N2O4S.H2O/c1-5-14(6-2,9-10-19(16,17)18)8-7-13-12(15)11(3)4;/h3,5-10H2,1-2,4H3,(H-,13,15,16,17,18);1H2.